The molecule has 1 atom stereocenters. The van der Waals surface area contributed by atoms with Crippen molar-refractivity contribution in [1.29, 1.82) is 0 Å². The fraction of sp³-hybridized carbons (Fsp3) is 0.691. The summed E-state index contributed by atoms with van der Waals surface area (Å²) in [7, 11) is 0. The van der Waals surface area contributed by atoms with Crippen molar-refractivity contribution in [2.45, 2.75) is 232 Å². The molecule has 0 amide bonds. The van der Waals surface area contributed by atoms with Gasteiger partial charge in [0.1, 0.15) is 13.2 Å². The Bertz CT molecular complexity index is 1200. The first-order chi connectivity index (χ1) is 30.0. The highest BCUT2D eigenvalue weighted by Gasteiger charge is 2.19. The molecule has 0 aliphatic rings. The van der Waals surface area contributed by atoms with E-state index < -0.39 is 6.10 Å². The summed E-state index contributed by atoms with van der Waals surface area (Å²) in [5.41, 5.74) is 0. The van der Waals surface area contributed by atoms with Crippen molar-refractivity contribution < 1.29 is 28.6 Å². The van der Waals surface area contributed by atoms with E-state index in [0.717, 1.165) is 89.9 Å². The summed E-state index contributed by atoms with van der Waals surface area (Å²) in [6, 6.07) is 0. The molecule has 6 nitrogen and oxygen atoms in total. The number of ether oxygens (including phenoxy) is 3. The number of allylic oxidation sites excluding steroid dienone is 14. The fourth-order valence-corrected chi connectivity index (χ4v) is 6.62. The van der Waals surface area contributed by atoms with Crippen LogP contribution in [0.2, 0.25) is 0 Å². The highest BCUT2D eigenvalue weighted by Crippen LogP contribution is 2.12. The Hall–Kier alpha value is -3.41. The summed E-state index contributed by atoms with van der Waals surface area (Å²) >= 11 is 0. The van der Waals surface area contributed by atoms with Crippen LogP contribution in [-0.2, 0) is 28.6 Å². The van der Waals surface area contributed by atoms with E-state index >= 15 is 0 Å². The largest absolute Gasteiger partial charge is 0.462 e. The normalized spacial score (nSPS) is 12.8. The average Bonchev–Trinajstić information content (AvgIpc) is 3.26. The Morgan fingerprint density at radius 3 is 1.16 bits per heavy atom. The van der Waals surface area contributed by atoms with Gasteiger partial charge in [-0.3, -0.25) is 14.4 Å². The molecule has 348 valence electrons. The van der Waals surface area contributed by atoms with Crippen LogP contribution in [-0.4, -0.2) is 37.2 Å². The predicted octanol–water partition coefficient (Wildman–Crippen LogP) is 16.4. The van der Waals surface area contributed by atoms with Crippen molar-refractivity contribution in [3.05, 3.63) is 85.1 Å². The lowest BCUT2D eigenvalue weighted by molar-refractivity contribution is -0.166. The molecule has 0 aliphatic carbocycles. The van der Waals surface area contributed by atoms with Crippen LogP contribution in [0, 0.1) is 0 Å². The molecule has 0 spiro atoms. The van der Waals surface area contributed by atoms with Gasteiger partial charge in [0.25, 0.3) is 0 Å². The van der Waals surface area contributed by atoms with Gasteiger partial charge in [-0.25, -0.2) is 0 Å². The molecule has 0 aromatic heterocycles. The molecule has 0 bridgehead atoms. The summed E-state index contributed by atoms with van der Waals surface area (Å²) in [5.74, 6) is -1.02. The Labute approximate surface area is 375 Å². The third kappa shape index (κ3) is 47.5. The Balaban J connectivity index is 4.50. The lowest BCUT2D eigenvalue weighted by Gasteiger charge is -2.18. The molecule has 0 rings (SSSR count). The van der Waals surface area contributed by atoms with Crippen molar-refractivity contribution in [2.24, 2.45) is 0 Å². The molecule has 0 heterocycles. The summed E-state index contributed by atoms with van der Waals surface area (Å²) in [5, 5.41) is 0. The van der Waals surface area contributed by atoms with E-state index in [1.54, 1.807) is 0 Å². The van der Waals surface area contributed by atoms with E-state index in [9.17, 15) is 14.4 Å². The Kier molecular flexibility index (Phi) is 46.5. The van der Waals surface area contributed by atoms with Crippen LogP contribution in [0.5, 0.6) is 0 Å². The molecule has 0 saturated heterocycles. The first kappa shape index (κ1) is 57.6. The topological polar surface area (TPSA) is 78.9 Å². The highest BCUT2D eigenvalue weighted by molar-refractivity contribution is 5.71. The summed E-state index contributed by atoms with van der Waals surface area (Å²) in [6.07, 6.45) is 62.8. The number of rotatable bonds is 44. The minimum Gasteiger partial charge on any atom is -0.462 e. The van der Waals surface area contributed by atoms with Crippen molar-refractivity contribution in [1.82, 2.24) is 0 Å². The molecule has 0 N–H and O–H groups in total. The molecule has 61 heavy (non-hydrogen) atoms. The van der Waals surface area contributed by atoms with Crippen LogP contribution in [0.4, 0.5) is 0 Å². The molecule has 0 aliphatic heterocycles. The Morgan fingerprint density at radius 1 is 0.344 bits per heavy atom. The molecule has 0 fully saturated rings. The minimum absolute atomic E-state index is 0.112. The van der Waals surface area contributed by atoms with E-state index in [1.807, 2.05) is 6.08 Å². The van der Waals surface area contributed by atoms with Crippen molar-refractivity contribution in [3.63, 3.8) is 0 Å². The maximum atomic E-state index is 12.7. The predicted molar refractivity (Wildman–Crippen MR) is 261 cm³/mol. The highest BCUT2D eigenvalue weighted by atomic mass is 16.6. The summed E-state index contributed by atoms with van der Waals surface area (Å²) in [6.45, 7) is 6.48. The lowest BCUT2D eigenvalue weighted by Crippen LogP contribution is -2.30. The van der Waals surface area contributed by atoms with Crippen LogP contribution >= 0.6 is 0 Å². The van der Waals surface area contributed by atoms with Gasteiger partial charge in [0.2, 0.25) is 0 Å². The SMILES string of the molecule is CCCCC\C=C/C=C\C=C/C=C\CCCCCCCC(=O)OCC(COC(=O)CCCCCCC/C=C\CCCCC)OC(=O)CC/C=C\C/C=C\CCCCCCCC. The number of carbonyl (C=O) groups is 3. The van der Waals surface area contributed by atoms with Crippen LogP contribution in [0.15, 0.2) is 85.1 Å². The van der Waals surface area contributed by atoms with Gasteiger partial charge in [-0.1, -0.05) is 202 Å². The Morgan fingerprint density at radius 2 is 0.689 bits per heavy atom. The van der Waals surface area contributed by atoms with Gasteiger partial charge in [0.15, 0.2) is 6.10 Å². The smallest absolute Gasteiger partial charge is 0.306 e. The third-order valence-electron chi connectivity index (χ3n) is 10.4. The number of carbonyl (C=O) groups excluding carboxylic acids is 3. The molecule has 1 unspecified atom stereocenters. The number of hydrogen-bond acceptors (Lipinski definition) is 6. The molecule has 0 radical (unpaired) electrons. The zero-order chi connectivity index (χ0) is 44.4. The van der Waals surface area contributed by atoms with Crippen molar-refractivity contribution in [2.75, 3.05) is 13.2 Å². The van der Waals surface area contributed by atoms with Gasteiger partial charge in [0, 0.05) is 19.3 Å². The first-order valence-electron chi connectivity index (χ1n) is 25.1. The molecule has 6 heteroatoms. The monoisotopic (exact) mass is 849 g/mol. The molecule has 0 saturated carbocycles. The zero-order valence-corrected chi connectivity index (χ0v) is 39.7. The maximum absolute atomic E-state index is 12.7. The second kappa shape index (κ2) is 49.2. The lowest BCUT2D eigenvalue weighted by atomic mass is 10.1. The van der Waals surface area contributed by atoms with E-state index in [0.29, 0.717) is 19.3 Å². The molecule has 0 aromatic carbocycles. The van der Waals surface area contributed by atoms with E-state index in [-0.39, 0.29) is 37.5 Å². The van der Waals surface area contributed by atoms with Crippen molar-refractivity contribution >= 4 is 17.9 Å². The standard InChI is InChI=1S/C55H92O6/c1-4-7-10-13-16-19-22-25-26-27-28-29-31-33-36-39-42-45-48-54(57)60-51-52(50-59-53(56)47-44-41-38-35-32-24-21-18-15-12-9-6-3)61-55(58)49-46-43-40-37-34-30-23-20-17-14-11-8-5-2/h16,18-19,21-22,25-30,34,40,43,52H,4-15,17,20,23-24,31-33,35-39,41-42,44-51H2,1-3H3/b19-16-,21-18-,25-22-,27-26-,29-28-,34-30-,43-40-. The van der Waals surface area contributed by atoms with Gasteiger partial charge in [0.05, 0.1) is 0 Å². The van der Waals surface area contributed by atoms with E-state index in [4.69, 9.17) is 14.2 Å². The third-order valence-corrected chi connectivity index (χ3v) is 10.4. The number of esters is 3. The first-order valence-corrected chi connectivity index (χ1v) is 25.1. The maximum Gasteiger partial charge on any atom is 0.306 e. The van der Waals surface area contributed by atoms with Gasteiger partial charge in [-0.05, 0) is 89.9 Å². The fourth-order valence-electron chi connectivity index (χ4n) is 6.62. The van der Waals surface area contributed by atoms with Crippen molar-refractivity contribution in [3.8, 4) is 0 Å². The molecular weight excluding hydrogens is 757 g/mol. The van der Waals surface area contributed by atoms with Gasteiger partial charge in [-0.2, -0.15) is 0 Å². The van der Waals surface area contributed by atoms with E-state index in [1.165, 1.54) is 89.9 Å². The van der Waals surface area contributed by atoms with Crippen LogP contribution in [0.25, 0.3) is 0 Å². The summed E-state index contributed by atoms with van der Waals surface area (Å²) < 4.78 is 16.7. The van der Waals surface area contributed by atoms with Crippen LogP contribution in [0.1, 0.15) is 226 Å². The zero-order valence-electron chi connectivity index (χ0n) is 39.7. The second-order valence-corrected chi connectivity index (χ2v) is 16.5. The average molecular weight is 849 g/mol. The van der Waals surface area contributed by atoms with Crippen LogP contribution < -0.4 is 0 Å². The quantitative estimate of drug-likeness (QED) is 0.0200. The van der Waals surface area contributed by atoms with Gasteiger partial charge >= 0.3 is 17.9 Å². The molecular formula is C55H92O6. The minimum atomic E-state index is -0.819. The number of hydrogen-bond donors (Lipinski definition) is 0. The van der Waals surface area contributed by atoms with Crippen LogP contribution in [0.3, 0.4) is 0 Å². The van der Waals surface area contributed by atoms with Gasteiger partial charge in [-0.15, -0.1) is 0 Å². The summed E-state index contributed by atoms with van der Waals surface area (Å²) in [4.78, 5) is 37.9. The molecule has 0 aromatic rings. The second-order valence-electron chi connectivity index (χ2n) is 16.5. The van der Waals surface area contributed by atoms with E-state index in [2.05, 4.69) is 99.8 Å². The number of unbranched alkanes of at least 4 members (excludes halogenated alkanes) is 22. The van der Waals surface area contributed by atoms with Gasteiger partial charge < -0.3 is 14.2 Å².